The van der Waals surface area contributed by atoms with E-state index >= 15 is 0 Å². The molecule has 126 valence electrons. The van der Waals surface area contributed by atoms with Crippen LogP contribution in [0.1, 0.15) is 27.0 Å². The van der Waals surface area contributed by atoms with Crippen LogP contribution in [0.25, 0.3) is 11.8 Å². The first-order chi connectivity index (χ1) is 12.7. The lowest BCUT2D eigenvalue weighted by Gasteiger charge is -2.35. The number of fused-ring (bicyclic) bond motifs is 2. The smallest absolute Gasteiger partial charge is 0.258 e. The van der Waals surface area contributed by atoms with Crippen LogP contribution < -0.4 is 10.4 Å². The molecule has 2 aliphatic rings. The Bertz CT molecular complexity index is 1160. The van der Waals surface area contributed by atoms with Crippen LogP contribution in [0.3, 0.4) is 0 Å². The van der Waals surface area contributed by atoms with Crippen LogP contribution in [0.5, 0.6) is 0 Å². The SMILES string of the molecule is COC1(c2ccccc2)C=c2cccc3c2=C(O1)c1ccccc1C3=O. The number of benzene rings is 3. The average molecular weight is 340 g/mol. The summed E-state index contributed by atoms with van der Waals surface area (Å²) in [5, 5.41) is 1.79. The second-order valence-electron chi connectivity index (χ2n) is 6.46. The molecule has 5 rings (SSSR count). The third-order valence-corrected chi connectivity index (χ3v) is 5.06. The highest BCUT2D eigenvalue weighted by molar-refractivity contribution is 6.14. The highest BCUT2D eigenvalue weighted by Crippen LogP contribution is 2.37. The van der Waals surface area contributed by atoms with E-state index in [4.69, 9.17) is 9.47 Å². The van der Waals surface area contributed by atoms with Gasteiger partial charge in [0.25, 0.3) is 5.79 Å². The van der Waals surface area contributed by atoms with E-state index in [1.807, 2.05) is 78.9 Å². The van der Waals surface area contributed by atoms with Gasteiger partial charge in [0.05, 0.1) is 0 Å². The fraction of sp³-hybridized carbons (Fsp3) is 0.0870. The van der Waals surface area contributed by atoms with Crippen LogP contribution in [0, 0.1) is 0 Å². The molecule has 0 saturated heterocycles. The molecular formula is C23H16O3. The minimum Gasteiger partial charge on any atom is -0.453 e. The molecule has 0 radical (unpaired) electrons. The number of ketones is 1. The van der Waals surface area contributed by atoms with Gasteiger partial charge >= 0.3 is 0 Å². The van der Waals surface area contributed by atoms with Gasteiger partial charge in [0.15, 0.2) is 5.78 Å². The molecule has 0 bridgehead atoms. The second-order valence-corrected chi connectivity index (χ2v) is 6.46. The van der Waals surface area contributed by atoms with E-state index in [1.54, 1.807) is 7.11 Å². The van der Waals surface area contributed by atoms with Crippen LogP contribution in [-0.2, 0) is 15.3 Å². The molecule has 26 heavy (non-hydrogen) atoms. The highest BCUT2D eigenvalue weighted by Gasteiger charge is 2.38. The maximum absolute atomic E-state index is 12.9. The fourth-order valence-corrected chi connectivity index (χ4v) is 3.81. The maximum atomic E-state index is 12.9. The van der Waals surface area contributed by atoms with Crippen molar-refractivity contribution in [3.8, 4) is 0 Å². The zero-order valence-corrected chi connectivity index (χ0v) is 14.2. The molecule has 0 amide bonds. The molecular weight excluding hydrogens is 324 g/mol. The van der Waals surface area contributed by atoms with E-state index in [0.29, 0.717) is 16.9 Å². The van der Waals surface area contributed by atoms with Gasteiger partial charge in [0, 0.05) is 34.6 Å². The minimum absolute atomic E-state index is 0.0304. The molecule has 1 atom stereocenters. The van der Waals surface area contributed by atoms with Crippen LogP contribution in [-0.4, -0.2) is 12.9 Å². The first-order valence-corrected chi connectivity index (χ1v) is 8.53. The first-order valence-electron chi connectivity index (χ1n) is 8.53. The van der Waals surface area contributed by atoms with Crippen molar-refractivity contribution in [2.24, 2.45) is 0 Å². The largest absolute Gasteiger partial charge is 0.453 e. The van der Waals surface area contributed by atoms with Gasteiger partial charge in [-0.3, -0.25) is 4.79 Å². The molecule has 0 fully saturated rings. The molecule has 3 aromatic carbocycles. The Hall–Kier alpha value is -3.17. The van der Waals surface area contributed by atoms with Gasteiger partial charge in [-0.05, 0) is 11.3 Å². The van der Waals surface area contributed by atoms with Crippen LogP contribution in [0.15, 0.2) is 72.8 Å². The van der Waals surface area contributed by atoms with Crippen molar-refractivity contribution in [2.75, 3.05) is 7.11 Å². The van der Waals surface area contributed by atoms with Gasteiger partial charge in [-0.1, -0.05) is 72.8 Å². The zero-order valence-electron chi connectivity index (χ0n) is 14.2. The van der Waals surface area contributed by atoms with Gasteiger partial charge in [-0.25, -0.2) is 0 Å². The maximum Gasteiger partial charge on any atom is 0.258 e. The Kier molecular flexibility index (Phi) is 3.15. The van der Waals surface area contributed by atoms with Crippen molar-refractivity contribution in [1.82, 2.24) is 0 Å². The lowest BCUT2D eigenvalue weighted by atomic mass is 9.87. The van der Waals surface area contributed by atoms with E-state index in [9.17, 15) is 4.79 Å². The molecule has 1 aliphatic carbocycles. The van der Waals surface area contributed by atoms with Gasteiger partial charge in [-0.15, -0.1) is 0 Å². The number of carbonyl (C=O) groups excluding carboxylic acids is 1. The van der Waals surface area contributed by atoms with Crippen molar-refractivity contribution >= 4 is 17.6 Å². The Balaban J connectivity index is 1.89. The summed E-state index contributed by atoms with van der Waals surface area (Å²) < 4.78 is 12.4. The topological polar surface area (TPSA) is 35.5 Å². The van der Waals surface area contributed by atoms with Crippen molar-refractivity contribution in [3.63, 3.8) is 0 Å². The van der Waals surface area contributed by atoms with E-state index < -0.39 is 5.79 Å². The molecule has 3 aromatic rings. The number of rotatable bonds is 2. The Labute approximate surface area is 150 Å². The number of ether oxygens (including phenoxy) is 2. The number of carbonyl (C=O) groups is 1. The molecule has 0 spiro atoms. The van der Waals surface area contributed by atoms with Crippen LogP contribution >= 0.6 is 0 Å². The average Bonchev–Trinajstić information content (AvgIpc) is 2.72. The molecule has 0 N–H and O–H groups in total. The van der Waals surface area contributed by atoms with Crippen molar-refractivity contribution in [1.29, 1.82) is 0 Å². The number of hydrogen-bond acceptors (Lipinski definition) is 3. The standard InChI is InChI=1S/C23H16O3/c1-25-23(16-9-3-2-4-10-16)14-15-8-7-13-19-20(15)22(26-23)18-12-6-5-11-17(18)21(19)24/h2-14H,1H3. The summed E-state index contributed by atoms with van der Waals surface area (Å²) in [6.45, 7) is 0. The summed E-state index contributed by atoms with van der Waals surface area (Å²) in [7, 11) is 1.64. The lowest BCUT2D eigenvalue weighted by molar-refractivity contribution is -0.138. The van der Waals surface area contributed by atoms with E-state index in [0.717, 1.165) is 21.6 Å². The Morgan fingerprint density at radius 2 is 1.50 bits per heavy atom. The normalized spacial score (nSPS) is 19.9. The highest BCUT2D eigenvalue weighted by atomic mass is 16.7. The third-order valence-electron chi connectivity index (χ3n) is 5.06. The predicted octanol–water partition coefficient (Wildman–Crippen LogP) is 2.70. The zero-order chi connectivity index (χ0) is 17.7. The fourth-order valence-electron chi connectivity index (χ4n) is 3.81. The first kappa shape index (κ1) is 15.1. The van der Waals surface area contributed by atoms with Gasteiger partial charge < -0.3 is 9.47 Å². The van der Waals surface area contributed by atoms with Gasteiger partial charge in [0.1, 0.15) is 5.76 Å². The Morgan fingerprint density at radius 1 is 0.808 bits per heavy atom. The van der Waals surface area contributed by atoms with Gasteiger partial charge in [0.2, 0.25) is 0 Å². The molecule has 0 saturated carbocycles. The van der Waals surface area contributed by atoms with Crippen molar-refractivity contribution < 1.29 is 14.3 Å². The molecule has 3 heteroatoms. The Morgan fingerprint density at radius 3 is 2.27 bits per heavy atom. The molecule has 0 aromatic heterocycles. The van der Waals surface area contributed by atoms with E-state index in [1.165, 1.54) is 0 Å². The summed E-state index contributed by atoms with van der Waals surface area (Å²) in [4.78, 5) is 12.9. The van der Waals surface area contributed by atoms with E-state index in [2.05, 4.69) is 0 Å². The van der Waals surface area contributed by atoms with Crippen molar-refractivity contribution in [2.45, 2.75) is 5.79 Å². The summed E-state index contributed by atoms with van der Waals surface area (Å²) >= 11 is 0. The van der Waals surface area contributed by atoms with Crippen molar-refractivity contribution in [3.05, 3.63) is 105 Å². The van der Waals surface area contributed by atoms with E-state index in [-0.39, 0.29) is 5.78 Å². The minimum atomic E-state index is -1.03. The summed E-state index contributed by atoms with van der Waals surface area (Å²) in [6, 6.07) is 23.2. The molecule has 1 unspecified atom stereocenters. The predicted molar refractivity (Wildman–Crippen MR) is 98.8 cm³/mol. The monoisotopic (exact) mass is 340 g/mol. The quantitative estimate of drug-likeness (QED) is 0.720. The number of methoxy groups -OCH3 is 1. The number of hydrogen-bond donors (Lipinski definition) is 0. The van der Waals surface area contributed by atoms with Crippen LogP contribution in [0.4, 0.5) is 0 Å². The molecule has 1 heterocycles. The summed E-state index contributed by atoms with van der Waals surface area (Å²) in [5.41, 5.74) is 3.04. The van der Waals surface area contributed by atoms with Crippen LogP contribution in [0.2, 0.25) is 0 Å². The lowest BCUT2D eigenvalue weighted by Crippen LogP contribution is -2.46. The molecule has 1 aliphatic heterocycles. The second kappa shape index (κ2) is 5.41. The van der Waals surface area contributed by atoms with Gasteiger partial charge in [-0.2, -0.15) is 0 Å². The molecule has 3 nitrogen and oxygen atoms in total. The summed E-state index contributed by atoms with van der Waals surface area (Å²) in [5.74, 6) is -0.308. The third kappa shape index (κ3) is 1.95. The summed E-state index contributed by atoms with van der Waals surface area (Å²) in [6.07, 6.45) is 1.95.